The van der Waals surface area contributed by atoms with Gasteiger partial charge in [-0.25, -0.2) is 9.78 Å². The number of ether oxygens (including phenoxy) is 2. The van der Waals surface area contributed by atoms with E-state index in [0.717, 1.165) is 72.7 Å². The summed E-state index contributed by atoms with van der Waals surface area (Å²) in [4.78, 5) is 20.1. The number of fused-ring (bicyclic) bond motifs is 8. The third kappa shape index (κ3) is 7.18. The van der Waals surface area contributed by atoms with Gasteiger partial charge in [0.25, 0.3) is 0 Å². The van der Waals surface area contributed by atoms with Gasteiger partial charge < -0.3 is 19.5 Å². The minimum Gasteiger partial charge on any atom is -0.490 e. The van der Waals surface area contributed by atoms with Gasteiger partial charge >= 0.3 is 5.97 Å². The highest BCUT2D eigenvalue weighted by atomic mass is 16.5. The molecule has 1 fully saturated rings. The number of aryl methyl sites for hydroxylation is 2. The van der Waals surface area contributed by atoms with E-state index in [2.05, 4.69) is 68.1 Å². The van der Waals surface area contributed by atoms with E-state index in [1.807, 2.05) is 38.3 Å². The molecular formula is C39H50N4O4. The molecule has 0 aliphatic carbocycles. The predicted molar refractivity (Wildman–Crippen MR) is 187 cm³/mol. The first-order valence-corrected chi connectivity index (χ1v) is 17.2. The Labute approximate surface area is 279 Å². The number of hydrogen-bond donors (Lipinski definition) is 1. The molecule has 0 unspecified atom stereocenters. The largest absolute Gasteiger partial charge is 0.490 e. The molecule has 0 saturated carbocycles. The Morgan fingerprint density at radius 1 is 1.02 bits per heavy atom. The maximum Gasteiger partial charge on any atom is 0.337 e. The number of nitrogens with zero attached hydrogens (tertiary/aromatic N) is 4. The number of hydrogen-bond acceptors (Lipinski definition) is 6. The molecule has 0 radical (unpaired) electrons. The first-order chi connectivity index (χ1) is 22.3. The van der Waals surface area contributed by atoms with E-state index in [4.69, 9.17) is 19.6 Å². The minimum atomic E-state index is -1.18. The predicted octanol–water partition coefficient (Wildman–Crippen LogP) is 8.96. The van der Waals surface area contributed by atoms with Crippen LogP contribution in [0.25, 0.3) is 28.0 Å². The van der Waals surface area contributed by atoms with Gasteiger partial charge in [-0.05, 0) is 103 Å². The number of carbonyl (C=O) groups is 1. The molecule has 3 aliphatic rings. The molecule has 47 heavy (non-hydrogen) atoms. The van der Waals surface area contributed by atoms with E-state index in [-0.39, 0.29) is 11.5 Å². The SMILES string of the molecule is Cc1ccc2c(c1)-c1cccc(c1)-c1cc3nc(C)c([C@H](OC(C)(C)C)C(=O)O)c(n3n1)N1CCC(C)(CCCCC[C@@H](C)O2)CC1. The van der Waals surface area contributed by atoms with E-state index in [1.165, 1.54) is 24.8 Å². The maximum atomic E-state index is 12.8. The number of rotatable bonds is 3. The monoisotopic (exact) mass is 638 g/mol. The summed E-state index contributed by atoms with van der Waals surface area (Å²) in [6.45, 7) is 15.9. The van der Waals surface area contributed by atoms with Gasteiger partial charge in [-0.3, -0.25) is 0 Å². The Kier molecular flexibility index (Phi) is 9.09. The lowest BCUT2D eigenvalue weighted by atomic mass is 9.76. The van der Waals surface area contributed by atoms with Crippen molar-refractivity contribution in [3.63, 3.8) is 0 Å². The molecule has 5 heterocycles. The number of piperidine rings is 1. The summed E-state index contributed by atoms with van der Waals surface area (Å²) in [6, 6.07) is 16.8. The van der Waals surface area contributed by atoms with E-state index < -0.39 is 17.7 Å². The fourth-order valence-corrected chi connectivity index (χ4v) is 7.22. The first-order valence-electron chi connectivity index (χ1n) is 17.2. The highest BCUT2D eigenvalue weighted by Crippen LogP contribution is 2.42. The Balaban J connectivity index is 1.53. The van der Waals surface area contributed by atoms with Crippen molar-refractivity contribution in [1.82, 2.24) is 14.6 Å². The van der Waals surface area contributed by atoms with Crippen LogP contribution in [0, 0.1) is 19.3 Å². The number of carboxylic acids is 1. The molecule has 1 N–H and O–H groups in total. The quantitative estimate of drug-likeness (QED) is 0.240. The summed E-state index contributed by atoms with van der Waals surface area (Å²) in [5.41, 5.74) is 6.51. The zero-order valence-electron chi connectivity index (χ0n) is 29.1. The molecule has 250 valence electrons. The molecule has 1 saturated heterocycles. The van der Waals surface area contributed by atoms with Crippen LogP contribution in [0.4, 0.5) is 5.82 Å². The zero-order chi connectivity index (χ0) is 33.5. The molecule has 8 nitrogen and oxygen atoms in total. The lowest BCUT2D eigenvalue weighted by Crippen LogP contribution is -2.41. The number of aromatic nitrogens is 3. The van der Waals surface area contributed by atoms with Crippen LogP contribution in [0.5, 0.6) is 5.75 Å². The standard InChI is InChI=1S/C39H50N4O4/c1-25-15-16-32-30(22-25)28-13-11-14-29(23-28)31-24-33-40-27(3)34(35(37(44)45)47-38(4,5)6)36(43(33)41-31)42-20-18-39(7,19-21-42)17-10-8-9-12-26(2)46-32/h11,13-16,22-24,26,35H,8-10,12,17-21H2,1-7H3,(H,44,45)/t26-,35+/m1/s1. The number of benzene rings is 2. The maximum absolute atomic E-state index is 12.8. The molecule has 2 aromatic carbocycles. The third-order valence-corrected chi connectivity index (χ3v) is 9.86. The molecule has 0 spiro atoms. The minimum absolute atomic E-state index is 0.126. The number of carboxylic acid groups (broad SMARTS) is 1. The second-order valence-corrected chi connectivity index (χ2v) is 15.1. The fraction of sp³-hybridized carbons (Fsp3) is 0.513. The summed E-state index contributed by atoms with van der Waals surface area (Å²) in [6.07, 6.45) is 6.72. The zero-order valence-corrected chi connectivity index (χ0v) is 29.1. The van der Waals surface area contributed by atoms with Gasteiger partial charge in [-0.15, -0.1) is 0 Å². The third-order valence-electron chi connectivity index (χ3n) is 9.86. The second-order valence-electron chi connectivity index (χ2n) is 15.1. The second kappa shape index (κ2) is 12.9. The summed E-state index contributed by atoms with van der Waals surface area (Å²) < 4.78 is 14.7. The smallest absolute Gasteiger partial charge is 0.337 e. The average molecular weight is 639 g/mol. The van der Waals surface area contributed by atoms with Gasteiger partial charge in [0, 0.05) is 36.0 Å². The highest BCUT2D eigenvalue weighted by molar-refractivity contribution is 5.80. The summed E-state index contributed by atoms with van der Waals surface area (Å²) >= 11 is 0. The van der Waals surface area contributed by atoms with Crippen LogP contribution in [0.3, 0.4) is 0 Å². The summed E-state index contributed by atoms with van der Waals surface area (Å²) in [5.74, 6) is 0.635. The van der Waals surface area contributed by atoms with Crippen LogP contribution >= 0.6 is 0 Å². The molecule has 2 atom stereocenters. The molecule has 6 bridgehead atoms. The topological polar surface area (TPSA) is 89.2 Å². The van der Waals surface area contributed by atoms with Crippen molar-refractivity contribution in [2.75, 3.05) is 18.0 Å². The first kappa shape index (κ1) is 33.0. The lowest BCUT2D eigenvalue weighted by Gasteiger charge is -2.41. The van der Waals surface area contributed by atoms with Gasteiger partial charge in [0.05, 0.1) is 23.0 Å². The van der Waals surface area contributed by atoms with E-state index in [0.29, 0.717) is 16.9 Å². The van der Waals surface area contributed by atoms with E-state index in [9.17, 15) is 9.90 Å². The molecule has 3 aliphatic heterocycles. The van der Waals surface area contributed by atoms with Crippen LogP contribution < -0.4 is 9.64 Å². The summed E-state index contributed by atoms with van der Waals surface area (Å²) in [7, 11) is 0. The van der Waals surface area contributed by atoms with Crippen molar-refractivity contribution in [3.05, 3.63) is 65.4 Å². The van der Waals surface area contributed by atoms with E-state index in [1.54, 1.807) is 0 Å². The van der Waals surface area contributed by atoms with Crippen molar-refractivity contribution in [2.24, 2.45) is 5.41 Å². The fourth-order valence-electron chi connectivity index (χ4n) is 7.22. The lowest BCUT2D eigenvalue weighted by molar-refractivity contribution is -0.160. The van der Waals surface area contributed by atoms with Crippen LogP contribution in [-0.2, 0) is 9.53 Å². The highest BCUT2D eigenvalue weighted by Gasteiger charge is 2.37. The van der Waals surface area contributed by atoms with Gasteiger partial charge in [0.15, 0.2) is 11.8 Å². The van der Waals surface area contributed by atoms with E-state index >= 15 is 0 Å². The molecule has 2 aromatic heterocycles. The van der Waals surface area contributed by atoms with Crippen LogP contribution in [-0.4, -0.2) is 50.5 Å². The van der Waals surface area contributed by atoms with Gasteiger partial charge in [-0.1, -0.05) is 49.6 Å². The van der Waals surface area contributed by atoms with Gasteiger partial charge in [-0.2, -0.15) is 9.61 Å². The van der Waals surface area contributed by atoms with Crippen LogP contribution in [0.15, 0.2) is 48.5 Å². The number of aliphatic carboxylic acids is 1. The van der Waals surface area contributed by atoms with Crippen LogP contribution in [0.2, 0.25) is 0 Å². The molecule has 4 aromatic rings. The normalized spacial score (nSPS) is 21.3. The van der Waals surface area contributed by atoms with Crippen molar-refractivity contribution in [3.8, 4) is 28.1 Å². The molecular weight excluding hydrogens is 588 g/mol. The average Bonchev–Trinajstić information content (AvgIpc) is 3.43. The Bertz CT molecular complexity index is 1760. The Morgan fingerprint density at radius 3 is 2.49 bits per heavy atom. The van der Waals surface area contributed by atoms with Crippen molar-refractivity contribution >= 4 is 17.4 Å². The van der Waals surface area contributed by atoms with Crippen molar-refractivity contribution in [2.45, 2.75) is 111 Å². The molecule has 8 heteroatoms. The summed E-state index contributed by atoms with van der Waals surface area (Å²) in [5, 5.41) is 15.7. The molecule has 7 rings (SSSR count). The number of anilines is 1. The van der Waals surface area contributed by atoms with Crippen LogP contribution in [0.1, 0.15) is 102 Å². The van der Waals surface area contributed by atoms with Crippen molar-refractivity contribution < 1.29 is 19.4 Å². The Morgan fingerprint density at radius 2 is 1.77 bits per heavy atom. The molecule has 0 amide bonds. The van der Waals surface area contributed by atoms with Gasteiger partial charge in [0.1, 0.15) is 11.6 Å². The Hall–Kier alpha value is -3.91. The van der Waals surface area contributed by atoms with Gasteiger partial charge in [0.2, 0.25) is 0 Å². The van der Waals surface area contributed by atoms with Crippen molar-refractivity contribution in [1.29, 1.82) is 0 Å².